The monoisotopic (exact) mass is 331 g/mol. The van der Waals surface area contributed by atoms with Gasteiger partial charge in [0, 0.05) is 6.54 Å². The first kappa shape index (κ1) is 17.3. The van der Waals surface area contributed by atoms with Gasteiger partial charge in [-0.1, -0.05) is 29.5 Å². The molecule has 2 aromatic rings. The molecule has 122 valence electrons. The fourth-order valence-corrected chi connectivity index (χ4v) is 3.04. The van der Waals surface area contributed by atoms with Gasteiger partial charge in [0.2, 0.25) is 0 Å². The highest BCUT2D eigenvalue weighted by molar-refractivity contribution is 7.99. The third-order valence-electron chi connectivity index (χ3n) is 3.46. The van der Waals surface area contributed by atoms with Gasteiger partial charge in [0.05, 0.1) is 25.3 Å². The average Bonchev–Trinajstić information content (AvgIpc) is 2.52. The molecule has 0 amide bonds. The molecule has 1 aromatic heterocycles. The van der Waals surface area contributed by atoms with Gasteiger partial charge in [-0.2, -0.15) is 0 Å². The van der Waals surface area contributed by atoms with E-state index in [0.29, 0.717) is 17.4 Å². The molecule has 0 unspecified atom stereocenters. The Morgan fingerprint density at radius 1 is 1.22 bits per heavy atom. The second-order valence-electron chi connectivity index (χ2n) is 5.34. The number of carbonyl (C=O) groups is 1. The molecule has 0 saturated carbocycles. The lowest BCUT2D eigenvalue weighted by molar-refractivity contribution is -0.137. The maximum absolute atomic E-state index is 11.2. The smallest absolute Gasteiger partial charge is 0.316 e. The zero-order chi connectivity index (χ0) is 16.8. The number of thioether (sulfide) groups is 1. The van der Waals surface area contributed by atoms with Crippen LogP contribution in [0.4, 0.5) is 5.82 Å². The number of benzene rings is 1. The van der Waals surface area contributed by atoms with Gasteiger partial charge in [-0.3, -0.25) is 9.78 Å². The van der Waals surface area contributed by atoms with Crippen molar-refractivity contribution in [3.8, 4) is 0 Å². The molecule has 0 spiro atoms. The quantitative estimate of drug-likeness (QED) is 0.647. The zero-order valence-corrected chi connectivity index (χ0v) is 14.7. The molecule has 0 radical (unpaired) electrons. The van der Waals surface area contributed by atoms with E-state index >= 15 is 0 Å². The van der Waals surface area contributed by atoms with E-state index in [1.165, 1.54) is 41.1 Å². The summed E-state index contributed by atoms with van der Waals surface area (Å²) in [5, 5.41) is 3.99. The lowest BCUT2D eigenvalue weighted by Gasteiger charge is -2.13. The van der Waals surface area contributed by atoms with Crippen LogP contribution in [0.25, 0.3) is 0 Å². The van der Waals surface area contributed by atoms with Crippen LogP contribution < -0.4 is 5.32 Å². The maximum atomic E-state index is 11.2. The number of hydrogen-bond acceptors (Lipinski definition) is 6. The van der Waals surface area contributed by atoms with E-state index in [-0.39, 0.29) is 11.7 Å². The van der Waals surface area contributed by atoms with E-state index < -0.39 is 0 Å². The fourth-order valence-electron chi connectivity index (χ4n) is 2.36. The van der Waals surface area contributed by atoms with Crippen molar-refractivity contribution in [3.05, 3.63) is 46.8 Å². The lowest BCUT2D eigenvalue weighted by atomic mass is 10.00. The number of nitrogens with one attached hydrogen (secondary N) is 1. The summed E-state index contributed by atoms with van der Waals surface area (Å²) in [4.78, 5) is 19.8. The summed E-state index contributed by atoms with van der Waals surface area (Å²) < 4.78 is 4.62. The predicted octanol–water partition coefficient (Wildman–Crippen LogP) is 3.28. The molecule has 6 heteroatoms. The van der Waals surface area contributed by atoms with Crippen LogP contribution >= 0.6 is 11.8 Å². The van der Waals surface area contributed by atoms with Gasteiger partial charge in [0.15, 0.2) is 0 Å². The van der Waals surface area contributed by atoms with E-state index in [9.17, 15) is 4.79 Å². The van der Waals surface area contributed by atoms with Crippen molar-refractivity contribution in [2.24, 2.45) is 0 Å². The van der Waals surface area contributed by atoms with Crippen molar-refractivity contribution in [1.82, 2.24) is 9.97 Å². The van der Waals surface area contributed by atoms with E-state index in [2.05, 4.69) is 52.9 Å². The van der Waals surface area contributed by atoms with E-state index in [4.69, 9.17) is 0 Å². The summed E-state index contributed by atoms with van der Waals surface area (Å²) >= 11 is 1.31. The first-order valence-corrected chi connectivity index (χ1v) is 8.30. The first-order chi connectivity index (χ1) is 11.0. The molecule has 1 N–H and O–H groups in total. The zero-order valence-electron chi connectivity index (χ0n) is 13.8. The SMILES string of the molecule is COC(=O)CSc1cncc(NCc2c(C)cc(C)cc2C)n1. The van der Waals surface area contributed by atoms with Crippen LogP contribution in [-0.2, 0) is 16.1 Å². The topological polar surface area (TPSA) is 64.1 Å². The Balaban J connectivity index is 2.02. The van der Waals surface area contributed by atoms with Crippen LogP contribution in [0.15, 0.2) is 29.6 Å². The molecule has 0 aliphatic heterocycles. The van der Waals surface area contributed by atoms with Crippen molar-refractivity contribution >= 4 is 23.5 Å². The van der Waals surface area contributed by atoms with E-state index in [1.807, 2.05) is 0 Å². The maximum Gasteiger partial charge on any atom is 0.316 e. The molecule has 0 aliphatic rings. The first-order valence-electron chi connectivity index (χ1n) is 7.32. The standard InChI is InChI=1S/C17H21N3O2S/c1-11-5-12(2)14(13(3)6-11)7-19-15-8-18-9-16(20-15)23-10-17(21)22-4/h5-6,8-9H,7,10H2,1-4H3,(H,19,20). The molecule has 23 heavy (non-hydrogen) atoms. The molecule has 2 rings (SSSR count). The third kappa shape index (κ3) is 4.96. The number of methoxy groups -OCH3 is 1. The second kappa shape index (κ2) is 7.97. The van der Waals surface area contributed by atoms with E-state index in [1.54, 1.807) is 12.4 Å². The Morgan fingerprint density at radius 3 is 2.57 bits per heavy atom. The summed E-state index contributed by atoms with van der Waals surface area (Å²) in [5.41, 5.74) is 5.06. The van der Waals surface area contributed by atoms with Crippen LogP contribution in [0.1, 0.15) is 22.3 Å². The Labute approximate surface area is 140 Å². The average molecular weight is 331 g/mol. The highest BCUT2D eigenvalue weighted by atomic mass is 32.2. The van der Waals surface area contributed by atoms with Crippen molar-refractivity contribution < 1.29 is 9.53 Å². The molecule has 0 saturated heterocycles. The van der Waals surface area contributed by atoms with E-state index in [0.717, 1.165) is 0 Å². The highest BCUT2D eigenvalue weighted by Gasteiger charge is 2.07. The number of carbonyl (C=O) groups excluding carboxylic acids is 1. The second-order valence-corrected chi connectivity index (χ2v) is 6.33. The van der Waals surface area contributed by atoms with Crippen molar-refractivity contribution in [1.29, 1.82) is 0 Å². The molecule has 0 aliphatic carbocycles. The number of hydrogen-bond donors (Lipinski definition) is 1. The van der Waals surface area contributed by atoms with Crippen LogP contribution in [0.3, 0.4) is 0 Å². The summed E-state index contributed by atoms with van der Waals surface area (Å²) in [5.74, 6) is 0.644. The van der Waals surface area contributed by atoms with Crippen LogP contribution in [0.5, 0.6) is 0 Å². The van der Waals surface area contributed by atoms with Crippen LogP contribution in [0, 0.1) is 20.8 Å². The molecule has 5 nitrogen and oxygen atoms in total. The number of nitrogens with zero attached hydrogens (tertiary/aromatic N) is 2. The van der Waals surface area contributed by atoms with Gasteiger partial charge in [-0.15, -0.1) is 0 Å². The van der Waals surface area contributed by atoms with Gasteiger partial charge >= 0.3 is 5.97 Å². The number of esters is 1. The Morgan fingerprint density at radius 2 is 1.91 bits per heavy atom. The van der Waals surface area contributed by atoms with Crippen molar-refractivity contribution in [2.75, 3.05) is 18.2 Å². The Kier molecular flexibility index (Phi) is 5.98. The van der Waals surface area contributed by atoms with Crippen molar-refractivity contribution in [2.45, 2.75) is 32.3 Å². The van der Waals surface area contributed by atoms with Gasteiger partial charge in [-0.25, -0.2) is 4.98 Å². The molecule has 1 aromatic carbocycles. The number of rotatable bonds is 6. The predicted molar refractivity (Wildman–Crippen MR) is 92.8 cm³/mol. The Bertz CT molecular complexity index is 681. The third-order valence-corrected chi connectivity index (χ3v) is 4.34. The fraction of sp³-hybridized carbons (Fsp3) is 0.353. The molecular weight excluding hydrogens is 310 g/mol. The van der Waals surface area contributed by atoms with Crippen molar-refractivity contribution in [3.63, 3.8) is 0 Å². The molecule has 0 fully saturated rings. The molecular formula is C17H21N3O2S. The van der Waals surface area contributed by atoms with Gasteiger partial charge < -0.3 is 10.1 Å². The molecule has 1 heterocycles. The number of anilines is 1. The summed E-state index contributed by atoms with van der Waals surface area (Å²) in [6.45, 7) is 7.03. The minimum atomic E-state index is -0.277. The van der Waals surface area contributed by atoms with Crippen LogP contribution in [0.2, 0.25) is 0 Å². The van der Waals surface area contributed by atoms with Gasteiger partial charge in [-0.05, 0) is 37.5 Å². The molecule has 0 bridgehead atoms. The lowest BCUT2D eigenvalue weighted by Crippen LogP contribution is -2.07. The summed E-state index contributed by atoms with van der Waals surface area (Å²) in [6.07, 6.45) is 3.32. The Hall–Kier alpha value is -2.08. The largest absolute Gasteiger partial charge is 0.468 e. The van der Waals surface area contributed by atoms with Crippen LogP contribution in [-0.4, -0.2) is 28.8 Å². The number of aromatic nitrogens is 2. The molecule has 0 atom stereocenters. The number of ether oxygens (including phenoxy) is 1. The summed E-state index contributed by atoms with van der Waals surface area (Å²) in [6, 6.07) is 4.36. The minimum absolute atomic E-state index is 0.227. The highest BCUT2D eigenvalue weighted by Crippen LogP contribution is 2.19. The van der Waals surface area contributed by atoms with Gasteiger partial charge in [0.1, 0.15) is 10.8 Å². The number of aryl methyl sites for hydroxylation is 3. The normalized spacial score (nSPS) is 10.4. The minimum Gasteiger partial charge on any atom is -0.468 e. The van der Waals surface area contributed by atoms with Gasteiger partial charge in [0.25, 0.3) is 0 Å². The summed E-state index contributed by atoms with van der Waals surface area (Å²) in [7, 11) is 1.37.